The van der Waals surface area contributed by atoms with Gasteiger partial charge in [0, 0.05) is 17.7 Å². The summed E-state index contributed by atoms with van der Waals surface area (Å²) < 4.78 is 13.3. The highest BCUT2D eigenvalue weighted by molar-refractivity contribution is 6.02. The summed E-state index contributed by atoms with van der Waals surface area (Å²) in [5.41, 5.74) is 3.76. The number of phenolic OH excluding ortho intramolecular Hbond substituents is 1. The second kappa shape index (κ2) is 6.66. The average Bonchev–Trinajstić information content (AvgIpc) is 2.51. The van der Waals surface area contributed by atoms with Crippen LogP contribution in [0.15, 0.2) is 47.6 Å². The summed E-state index contributed by atoms with van der Waals surface area (Å²) in [5.74, 6) is -0.563. The minimum Gasteiger partial charge on any atom is -0.507 e. The topological polar surface area (TPSA) is 87.8 Å². The van der Waals surface area contributed by atoms with Crippen LogP contribution in [0.25, 0.3) is 0 Å². The number of nitrogens with zero attached hydrogens (tertiary/aromatic N) is 2. The zero-order chi connectivity index (χ0) is 16.1. The van der Waals surface area contributed by atoms with Gasteiger partial charge < -0.3 is 5.11 Å². The van der Waals surface area contributed by atoms with E-state index in [0.717, 1.165) is 6.07 Å². The largest absolute Gasteiger partial charge is 0.507 e. The normalized spacial score (nSPS) is 11.3. The smallest absolute Gasteiger partial charge is 0.271 e. The number of anilines is 1. The van der Waals surface area contributed by atoms with Crippen LogP contribution >= 0.6 is 0 Å². The summed E-state index contributed by atoms with van der Waals surface area (Å²) in [6.07, 6.45) is 0.443. The van der Waals surface area contributed by atoms with Crippen molar-refractivity contribution in [2.24, 2.45) is 5.10 Å². The zero-order valence-electron chi connectivity index (χ0n) is 11.8. The van der Waals surface area contributed by atoms with Crippen molar-refractivity contribution in [3.05, 3.63) is 64.0 Å². The maximum absolute atomic E-state index is 13.3. The highest BCUT2D eigenvalue weighted by Gasteiger charge is 2.10. The molecule has 0 aliphatic carbocycles. The Balaban J connectivity index is 2.28. The summed E-state index contributed by atoms with van der Waals surface area (Å²) >= 11 is 0. The molecule has 0 saturated carbocycles. The number of nitro benzene ring substituents is 1. The predicted molar refractivity (Wildman–Crippen MR) is 81.6 cm³/mol. The van der Waals surface area contributed by atoms with E-state index in [2.05, 4.69) is 10.5 Å². The lowest BCUT2D eigenvalue weighted by Crippen LogP contribution is -2.04. The molecule has 6 nitrogen and oxygen atoms in total. The lowest BCUT2D eigenvalue weighted by molar-refractivity contribution is -0.384. The summed E-state index contributed by atoms with van der Waals surface area (Å²) in [4.78, 5) is 10.2. The molecule has 0 aromatic heterocycles. The number of nitrogens with one attached hydrogen (secondary N) is 1. The van der Waals surface area contributed by atoms with Crippen molar-refractivity contribution in [3.8, 4) is 5.75 Å². The van der Waals surface area contributed by atoms with Gasteiger partial charge in [0.05, 0.1) is 16.3 Å². The van der Waals surface area contributed by atoms with Crippen LogP contribution in [0.2, 0.25) is 0 Å². The van der Waals surface area contributed by atoms with Gasteiger partial charge in [0.15, 0.2) is 0 Å². The first kappa shape index (κ1) is 15.4. The molecule has 0 radical (unpaired) electrons. The molecule has 2 aromatic carbocycles. The van der Waals surface area contributed by atoms with Gasteiger partial charge in [0.2, 0.25) is 0 Å². The Bertz CT molecular complexity index is 732. The van der Waals surface area contributed by atoms with Crippen LogP contribution in [0, 0.1) is 15.9 Å². The fourth-order valence-electron chi connectivity index (χ4n) is 1.89. The number of halogens is 1. The monoisotopic (exact) mass is 303 g/mol. The molecule has 0 unspecified atom stereocenters. The highest BCUT2D eigenvalue weighted by atomic mass is 19.1. The first-order chi connectivity index (χ1) is 10.5. The molecule has 0 saturated heterocycles. The van der Waals surface area contributed by atoms with Crippen molar-refractivity contribution in [3.63, 3.8) is 0 Å². The average molecular weight is 303 g/mol. The number of aromatic hydroxyl groups is 1. The van der Waals surface area contributed by atoms with Gasteiger partial charge in [-0.05, 0) is 30.7 Å². The van der Waals surface area contributed by atoms with E-state index in [1.54, 1.807) is 13.0 Å². The Hall–Kier alpha value is -2.96. The molecule has 2 rings (SSSR count). The molecule has 7 heteroatoms. The fraction of sp³-hybridized carbons (Fsp3) is 0.133. The van der Waals surface area contributed by atoms with Crippen LogP contribution in [0.3, 0.4) is 0 Å². The third kappa shape index (κ3) is 3.57. The molecule has 114 valence electrons. The maximum atomic E-state index is 13.3. The van der Waals surface area contributed by atoms with Crippen LogP contribution in [0.4, 0.5) is 15.8 Å². The molecule has 2 aromatic rings. The molecular weight excluding hydrogens is 289 g/mol. The number of hydrogen-bond donors (Lipinski definition) is 2. The van der Waals surface area contributed by atoms with Gasteiger partial charge in [-0.2, -0.15) is 5.10 Å². The second-order valence-corrected chi connectivity index (χ2v) is 4.49. The summed E-state index contributed by atoms with van der Waals surface area (Å²) in [6, 6.07) is 9.45. The molecule has 0 aliphatic heterocycles. The van der Waals surface area contributed by atoms with E-state index >= 15 is 0 Å². The van der Waals surface area contributed by atoms with Crippen LogP contribution in [-0.4, -0.2) is 15.7 Å². The number of benzene rings is 2. The van der Waals surface area contributed by atoms with Gasteiger partial charge in [-0.3, -0.25) is 15.5 Å². The number of hydrazone groups is 1. The van der Waals surface area contributed by atoms with Crippen molar-refractivity contribution in [2.45, 2.75) is 13.3 Å². The summed E-state index contributed by atoms with van der Waals surface area (Å²) in [5, 5.41) is 24.6. The van der Waals surface area contributed by atoms with E-state index in [-0.39, 0.29) is 17.0 Å². The Morgan fingerprint density at radius 1 is 1.36 bits per heavy atom. The lowest BCUT2D eigenvalue weighted by Gasteiger charge is -2.08. The molecule has 2 N–H and O–H groups in total. The van der Waals surface area contributed by atoms with Crippen LogP contribution in [0.5, 0.6) is 5.75 Å². The molecule has 22 heavy (non-hydrogen) atoms. The van der Waals surface area contributed by atoms with E-state index in [9.17, 15) is 19.6 Å². The third-order valence-corrected chi connectivity index (χ3v) is 2.98. The maximum Gasteiger partial charge on any atom is 0.271 e. The van der Waals surface area contributed by atoms with Crippen LogP contribution in [0.1, 0.15) is 18.9 Å². The first-order valence-electron chi connectivity index (χ1n) is 6.57. The number of hydrogen-bond acceptors (Lipinski definition) is 5. The fourth-order valence-corrected chi connectivity index (χ4v) is 1.89. The SMILES string of the molecule is CC/C(=N\Nc1cccc([N+](=O)[O-])c1)c1cc(F)ccc1O. The van der Waals surface area contributed by atoms with E-state index < -0.39 is 10.7 Å². The molecule has 0 atom stereocenters. The van der Waals surface area contributed by atoms with E-state index in [1.165, 1.54) is 30.3 Å². The quantitative estimate of drug-likeness (QED) is 0.501. The molecular formula is C15H14FN3O3. The summed E-state index contributed by atoms with van der Waals surface area (Å²) in [6.45, 7) is 1.80. The zero-order valence-corrected chi connectivity index (χ0v) is 11.8. The van der Waals surface area contributed by atoms with Gasteiger partial charge in [0.1, 0.15) is 11.6 Å². The molecule has 0 spiro atoms. The van der Waals surface area contributed by atoms with E-state index in [4.69, 9.17) is 0 Å². The molecule has 0 bridgehead atoms. The molecule has 0 fully saturated rings. The van der Waals surface area contributed by atoms with Gasteiger partial charge in [-0.15, -0.1) is 0 Å². The molecule has 0 amide bonds. The van der Waals surface area contributed by atoms with Crippen molar-refractivity contribution in [1.82, 2.24) is 0 Å². The van der Waals surface area contributed by atoms with Crippen LogP contribution < -0.4 is 5.43 Å². The Morgan fingerprint density at radius 3 is 2.82 bits per heavy atom. The number of non-ortho nitro benzene ring substituents is 1. The van der Waals surface area contributed by atoms with Gasteiger partial charge in [-0.1, -0.05) is 13.0 Å². The van der Waals surface area contributed by atoms with E-state index in [1.807, 2.05) is 0 Å². The second-order valence-electron chi connectivity index (χ2n) is 4.49. The van der Waals surface area contributed by atoms with Crippen LogP contribution in [-0.2, 0) is 0 Å². The van der Waals surface area contributed by atoms with Crippen molar-refractivity contribution >= 4 is 17.1 Å². The minimum atomic E-state index is -0.506. The van der Waals surface area contributed by atoms with Crippen molar-refractivity contribution < 1.29 is 14.4 Å². The van der Waals surface area contributed by atoms with Crippen molar-refractivity contribution in [1.29, 1.82) is 0 Å². The van der Waals surface area contributed by atoms with Gasteiger partial charge >= 0.3 is 0 Å². The third-order valence-electron chi connectivity index (χ3n) is 2.98. The highest BCUT2D eigenvalue weighted by Crippen LogP contribution is 2.21. The summed E-state index contributed by atoms with van der Waals surface area (Å²) in [7, 11) is 0. The Labute approximate surface area is 126 Å². The number of phenols is 1. The predicted octanol–water partition coefficient (Wildman–Crippen LogP) is 3.67. The number of rotatable bonds is 5. The minimum absolute atomic E-state index is 0.0631. The Morgan fingerprint density at radius 2 is 2.14 bits per heavy atom. The molecule has 0 aliphatic rings. The van der Waals surface area contributed by atoms with Gasteiger partial charge in [0.25, 0.3) is 5.69 Å². The first-order valence-corrected chi connectivity index (χ1v) is 6.57. The van der Waals surface area contributed by atoms with E-state index in [0.29, 0.717) is 17.8 Å². The standard InChI is InChI=1S/C15H14FN3O3/c1-2-14(13-8-10(16)6-7-15(13)20)18-17-11-4-3-5-12(9-11)19(21)22/h3-9,17,20H,2H2,1H3/b18-14+. The van der Waals surface area contributed by atoms with Gasteiger partial charge in [-0.25, -0.2) is 4.39 Å². The van der Waals surface area contributed by atoms with Crippen molar-refractivity contribution in [2.75, 3.05) is 5.43 Å². The number of nitro groups is 1. The Kier molecular flexibility index (Phi) is 4.67. The molecule has 0 heterocycles. The lowest BCUT2D eigenvalue weighted by atomic mass is 10.1.